The molecule has 1 nitrogen and oxygen atoms in total. The van der Waals surface area contributed by atoms with Crippen LogP contribution >= 0.6 is 0 Å². The molecule has 0 spiro atoms. The van der Waals surface area contributed by atoms with Gasteiger partial charge in [-0.3, -0.25) is 0 Å². The Morgan fingerprint density at radius 3 is 2.33 bits per heavy atom. The van der Waals surface area contributed by atoms with Crippen molar-refractivity contribution >= 4 is 8.07 Å². The van der Waals surface area contributed by atoms with Crippen LogP contribution in [0.2, 0.25) is 19.1 Å². The first-order valence-electron chi connectivity index (χ1n) is 4.84. The zero-order valence-electron chi connectivity index (χ0n) is 9.22. The van der Waals surface area contributed by atoms with Gasteiger partial charge in [0.15, 0.2) is 0 Å². The van der Waals surface area contributed by atoms with Crippen molar-refractivity contribution in [3.05, 3.63) is 11.8 Å². The van der Waals surface area contributed by atoms with Gasteiger partial charge in [-0.05, 0) is 33.1 Å². The van der Waals surface area contributed by atoms with Gasteiger partial charge in [-0.25, -0.2) is 0 Å². The Morgan fingerprint density at radius 1 is 1.33 bits per heavy atom. The summed E-state index contributed by atoms with van der Waals surface area (Å²) in [6.07, 6.45) is 2.21. The van der Waals surface area contributed by atoms with E-state index in [1.807, 2.05) is 0 Å². The molecule has 0 aromatic rings. The highest BCUT2D eigenvalue weighted by Crippen LogP contribution is 2.11. The van der Waals surface area contributed by atoms with Crippen LogP contribution in [0.1, 0.15) is 13.8 Å². The van der Waals surface area contributed by atoms with E-state index < -0.39 is 8.07 Å². The van der Waals surface area contributed by atoms with E-state index in [1.165, 1.54) is 19.1 Å². The Hall–Kier alpha value is -0.0831. The van der Waals surface area contributed by atoms with Gasteiger partial charge < -0.3 is 4.90 Å². The Kier molecular flexibility index (Phi) is 5.50. The molecule has 2 heteroatoms. The van der Waals surface area contributed by atoms with Crippen LogP contribution in [0.25, 0.3) is 0 Å². The maximum atomic E-state index is 2.43. The molecule has 0 saturated heterocycles. The molecule has 12 heavy (non-hydrogen) atoms. The van der Waals surface area contributed by atoms with E-state index in [0.29, 0.717) is 0 Å². The third-order valence-electron chi connectivity index (χ3n) is 2.30. The molecule has 0 aliphatic rings. The summed E-state index contributed by atoms with van der Waals surface area (Å²) in [6.45, 7) is 11.6. The second kappa shape index (κ2) is 5.54. The maximum absolute atomic E-state index is 2.43. The summed E-state index contributed by atoms with van der Waals surface area (Å²) in [5.41, 5.74) is 2.43. The van der Waals surface area contributed by atoms with Gasteiger partial charge in [0, 0.05) is 0 Å². The topological polar surface area (TPSA) is 3.24 Å². The average Bonchev–Trinajstić information content (AvgIpc) is 2.00. The van der Waals surface area contributed by atoms with Gasteiger partial charge >= 0.3 is 0 Å². The average molecular weight is 185 g/mol. The Morgan fingerprint density at radius 2 is 1.92 bits per heavy atom. The van der Waals surface area contributed by atoms with Gasteiger partial charge in [0.05, 0.1) is 8.07 Å². The lowest BCUT2D eigenvalue weighted by molar-refractivity contribution is 0.372. The number of nitrogens with zero attached hydrogens (tertiary/aromatic N) is 1. The molecule has 0 atom stereocenters. The van der Waals surface area contributed by atoms with Crippen molar-refractivity contribution in [2.45, 2.75) is 33.0 Å². The number of hydrogen-bond acceptors (Lipinski definition) is 1. The van der Waals surface area contributed by atoms with Crippen LogP contribution in [0.5, 0.6) is 0 Å². The largest absolute Gasteiger partial charge is 0.307 e. The minimum absolute atomic E-state index is 1.00. The zero-order valence-corrected chi connectivity index (χ0v) is 10.2. The van der Waals surface area contributed by atoms with E-state index in [4.69, 9.17) is 0 Å². The molecule has 0 fully saturated rings. The highest BCUT2D eigenvalue weighted by molar-refractivity contribution is 6.82. The van der Waals surface area contributed by atoms with Gasteiger partial charge in [-0.15, -0.1) is 0 Å². The molecular weight excluding hydrogens is 162 g/mol. The minimum Gasteiger partial charge on any atom is -0.307 e. The molecule has 0 saturated carbocycles. The van der Waals surface area contributed by atoms with Crippen LogP contribution < -0.4 is 0 Å². The van der Waals surface area contributed by atoms with Crippen LogP contribution in [0.15, 0.2) is 11.8 Å². The monoisotopic (exact) mass is 185 g/mol. The van der Waals surface area contributed by atoms with Crippen molar-refractivity contribution in [1.82, 2.24) is 4.90 Å². The summed E-state index contributed by atoms with van der Waals surface area (Å²) in [4.78, 5) is 2.39. The van der Waals surface area contributed by atoms with Crippen molar-refractivity contribution in [3.63, 3.8) is 0 Å². The molecule has 0 heterocycles. The van der Waals surface area contributed by atoms with Crippen LogP contribution in [0.3, 0.4) is 0 Å². The molecule has 0 aliphatic heterocycles. The predicted octanol–water partition coefficient (Wildman–Crippen LogP) is 2.76. The smallest absolute Gasteiger partial charge is 0.0725 e. The lowest BCUT2D eigenvalue weighted by Crippen LogP contribution is -2.30. The van der Waals surface area contributed by atoms with Gasteiger partial charge in [0.2, 0.25) is 0 Å². The third-order valence-corrected chi connectivity index (χ3v) is 5.04. The fraction of sp³-hybridized carbons (Fsp3) is 0.800. The summed E-state index contributed by atoms with van der Waals surface area (Å²) >= 11 is 0. The molecule has 0 rings (SSSR count). The third kappa shape index (κ3) is 5.55. The van der Waals surface area contributed by atoms with Crippen molar-refractivity contribution in [2.24, 2.45) is 0 Å². The second-order valence-electron chi connectivity index (χ2n) is 4.13. The second-order valence-corrected chi connectivity index (χ2v) is 8.94. The van der Waals surface area contributed by atoms with Crippen LogP contribution in [-0.4, -0.2) is 33.1 Å². The van der Waals surface area contributed by atoms with Gasteiger partial charge in [0.25, 0.3) is 0 Å². The number of rotatable bonds is 5. The van der Waals surface area contributed by atoms with Gasteiger partial charge in [-0.1, -0.05) is 31.8 Å². The summed E-state index contributed by atoms with van der Waals surface area (Å²) < 4.78 is 0. The van der Waals surface area contributed by atoms with Crippen LogP contribution in [0.4, 0.5) is 0 Å². The molecule has 0 N–H and O–H groups in total. The maximum Gasteiger partial charge on any atom is 0.0725 e. The first-order valence-corrected chi connectivity index (χ1v) is 8.12. The van der Waals surface area contributed by atoms with E-state index in [-0.39, 0.29) is 0 Å². The molecule has 72 valence electrons. The normalized spacial score (nSPS) is 13.2. The standard InChI is InChI=1S/C10H23NSi/c1-6-9-12(4,5)10-8-11(3)7-2/h6,9H,7-8,10H2,1-5H3/b9-6-. The summed E-state index contributed by atoms with van der Waals surface area (Å²) in [7, 11) is 1.19. The van der Waals surface area contributed by atoms with Crippen molar-refractivity contribution in [1.29, 1.82) is 0 Å². The number of allylic oxidation sites excluding steroid dienone is 1. The lowest BCUT2D eigenvalue weighted by Gasteiger charge is -2.21. The first kappa shape index (κ1) is 11.9. The van der Waals surface area contributed by atoms with E-state index in [2.05, 4.69) is 50.7 Å². The molecule has 0 aromatic heterocycles. The molecule has 0 radical (unpaired) electrons. The molecule has 0 bridgehead atoms. The predicted molar refractivity (Wildman–Crippen MR) is 60.3 cm³/mol. The minimum atomic E-state index is -1.00. The summed E-state index contributed by atoms with van der Waals surface area (Å²) in [5, 5.41) is 0. The SMILES string of the molecule is C/C=C\[Si](C)(C)CCN(C)CC. The molecule has 0 amide bonds. The fourth-order valence-corrected chi connectivity index (χ4v) is 3.20. The quantitative estimate of drug-likeness (QED) is 0.595. The fourth-order valence-electron chi connectivity index (χ4n) is 1.17. The van der Waals surface area contributed by atoms with Crippen molar-refractivity contribution in [3.8, 4) is 0 Å². The van der Waals surface area contributed by atoms with Crippen molar-refractivity contribution in [2.75, 3.05) is 20.1 Å². The Balaban J connectivity index is 3.75. The molecule has 0 unspecified atom stereocenters. The van der Waals surface area contributed by atoms with E-state index in [1.54, 1.807) is 0 Å². The summed E-state index contributed by atoms with van der Waals surface area (Å²) in [6, 6.07) is 1.38. The highest BCUT2D eigenvalue weighted by Gasteiger charge is 2.16. The van der Waals surface area contributed by atoms with Crippen LogP contribution in [-0.2, 0) is 0 Å². The zero-order chi connectivity index (χ0) is 9.61. The van der Waals surface area contributed by atoms with Crippen molar-refractivity contribution < 1.29 is 0 Å². The molecular formula is C10H23NSi. The van der Waals surface area contributed by atoms with E-state index in [0.717, 1.165) is 0 Å². The molecule has 0 aromatic carbocycles. The van der Waals surface area contributed by atoms with Crippen LogP contribution in [0, 0.1) is 0 Å². The van der Waals surface area contributed by atoms with E-state index >= 15 is 0 Å². The Bertz CT molecular complexity index is 141. The summed E-state index contributed by atoms with van der Waals surface area (Å²) in [5.74, 6) is 0. The molecule has 0 aliphatic carbocycles. The van der Waals surface area contributed by atoms with Gasteiger partial charge in [-0.2, -0.15) is 0 Å². The van der Waals surface area contributed by atoms with Gasteiger partial charge in [0.1, 0.15) is 0 Å². The number of hydrogen-bond donors (Lipinski definition) is 0. The highest BCUT2D eigenvalue weighted by atomic mass is 28.3. The lowest BCUT2D eigenvalue weighted by atomic mass is 10.6. The van der Waals surface area contributed by atoms with E-state index in [9.17, 15) is 0 Å². The first-order chi connectivity index (χ1) is 5.52. The Labute approximate surface area is 78.5 Å².